The summed E-state index contributed by atoms with van der Waals surface area (Å²) in [6, 6.07) is 0.144. The van der Waals surface area contributed by atoms with E-state index < -0.39 is 0 Å². The van der Waals surface area contributed by atoms with Crippen LogP contribution < -0.4 is 11.5 Å². The molecule has 0 bridgehead atoms. The summed E-state index contributed by atoms with van der Waals surface area (Å²) < 4.78 is 16.1. The summed E-state index contributed by atoms with van der Waals surface area (Å²) in [5.74, 6) is 0. The number of ether oxygens (including phenoxy) is 3. The van der Waals surface area contributed by atoms with Crippen LogP contribution >= 0.6 is 0 Å². The first-order valence-electron chi connectivity index (χ1n) is 5.80. The summed E-state index contributed by atoms with van der Waals surface area (Å²) >= 11 is 0. The minimum Gasteiger partial charge on any atom is -0.377 e. The van der Waals surface area contributed by atoms with Gasteiger partial charge in [0, 0.05) is 12.1 Å². The minimum atomic E-state index is 0.0665. The molecule has 0 fully saturated rings. The third-order valence-corrected chi connectivity index (χ3v) is 1.75. The summed E-state index contributed by atoms with van der Waals surface area (Å²) in [6.45, 7) is 8.62. The normalized spacial score (nSPS) is 17.1. The number of nitrogens with two attached hydrogens (primary N) is 2. The zero-order valence-corrected chi connectivity index (χ0v) is 10.6. The molecule has 0 rings (SSSR count). The van der Waals surface area contributed by atoms with Gasteiger partial charge in [0.2, 0.25) is 0 Å². The van der Waals surface area contributed by atoms with Crippen molar-refractivity contribution in [3.8, 4) is 0 Å². The predicted octanol–water partition coefficient (Wildman–Crippen LogP) is 0.119. The van der Waals surface area contributed by atoms with E-state index in [-0.39, 0.29) is 18.2 Å². The van der Waals surface area contributed by atoms with Crippen LogP contribution in [0.15, 0.2) is 0 Å². The molecule has 0 amide bonds. The van der Waals surface area contributed by atoms with Gasteiger partial charge in [-0.15, -0.1) is 0 Å². The molecule has 0 heterocycles. The van der Waals surface area contributed by atoms with E-state index in [1.165, 1.54) is 0 Å². The number of hydrogen-bond acceptors (Lipinski definition) is 5. The maximum absolute atomic E-state index is 5.57. The molecule has 0 aromatic carbocycles. The summed E-state index contributed by atoms with van der Waals surface area (Å²) in [5.41, 5.74) is 11.1. The zero-order valence-electron chi connectivity index (χ0n) is 10.6. The second kappa shape index (κ2) is 9.99. The van der Waals surface area contributed by atoms with Crippen molar-refractivity contribution in [2.45, 2.75) is 39.0 Å². The van der Waals surface area contributed by atoms with Crippen molar-refractivity contribution in [2.24, 2.45) is 11.5 Å². The standard InChI is InChI=1S/C11H26N2O3/c1-9(12)6-14-4-5-15-8-11(3)16-7-10(2)13/h9-11H,4-8,12-13H2,1-3H3. The van der Waals surface area contributed by atoms with Crippen molar-refractivity contribution in [2.75, 3.05) is 33.0 Å². The molecule has 5 heteroatoms. The lowest BCUT2D eigenvalue weighted by Crippen LogP contribution is -2.27. The van der Waals surface area contributed by atoms with E-state index in [0.717, 1.165) is 0 Å². The van der Waals surface area contributed by atoms with Crippen LogP contribution in [0.2, 0.25) is 0 Å². The van der Waals surface area contributed by atoms with E-state index in [1.54, 1.807) is 0 Å². The van der Waals surface area contributed by atoms with Crippen molar-refractivity contribution in [1.82, 2.24) is 0 Å². The van der Waals surface area contributed by atoms with Gasteiger partial charge in [0.1, 0.15) is 0 Å². The van der Waals surface area contributed by atoms with Crippen LogP contribution in [-0.2, 0) is 14.2 Å². The first kappa shape index (κ1) is 15.8. The van der Waals surface area contributed by atoms with E-state index in [4.69, 9.17) is 25.7 Å². The predicted molar refractivity (Wildman–Crippen MR) is 64.4 cm³/mol. The van der Waals surface area contributed by atoms with Gasteiger partial charge in [0.15, 0.2) is 0 Å². The Labute approximate surface area is 98.4 Å². The van der Waals surface area contributed by atoms with Crippen molar-refractivity contribution >= 4 is 0 Å². The molecular formula is C11H26N2O3. The van der Waals surface area contributed by atoms with E-state index >= 15 is 0 Å². The highest BCUT2D eigenvalue weighted by atomic mass is 16.5. The lowest BCUT2D eigenvalue weighted by atomic mass is 10.4. The maximum atomic E-state index is 5.57. The summed E-state index contributed by atoms with van der Waals surface area (Å²) in [5, 5.41) is 0. The molecular weight excluding hydrogens is 208 g/mol. The van der Waals surface area contributed by atoms with E-state index in [9.17, 15) is 0 Å². The third kappa shape index (κ3) is 11.9. The first-order valence-corrected chi connectivity index (χ1v) is 5.80. The van der Waals surface area contributed by atoms with E-state index in [2.05, 4.69) is 0 Å². The molecule has 5 nitrogen and oxygen atoms in total. The quantitative estimate of drug-likeness (QED) is 0.525. The Morgan fingerprint density at radius 2 is 1.31 bits per heavy atom. The van der Waals surface area contributed by atoms with Crippen LogP contribution in [0.3, 0.4) is 0 Å². The molecule has 4 N–H and O–H groups in total. The van der Waals surface area contributed by atoms with Crippen LogP contribution in [0, 0.1) is 0 Å². The highest BCUT2D eigenvalue weighted by Crippen LogP contribution is 1.93. The molecule has 98 valence electrons. The van der Waals surface area contributed by atoms with Gasteiger partial charge in [-0.25, -0.2) is 0 Å². The summed E-state index contributed by atoms with van der Waals surface area (Å²) in [4.78, 5) is 0. The Bertz CT molecular complexity index is 154. The zero-order chi connectivity index (χ0) is 12.4. The highest BCUT2D eigenvalue weighted by molar-refractivity contribution is 4.53. The smallest absolute Gasteiger partial charge is 0.0781 e. The van der Waals surface area contributed by atoms with Crippen molar-refractivity contribution in [1.29, 1.82) is 0 Å². The van der Waals surface area contributed by atoms with Crippen LogP contribution in [0.4, 0.5) is 0 Å². The van der Waals surface area contributed by atoms with Crippen molar-refractivity contribution in [3.05, 3.63) is 0 Å². The molecule has 0 aromatic rings. The van der Waals surface area contributed by atoms with Gasteiger partial charge in [-0.1, -0.05) is 0 Å². The van der Waals surface area contributed by atoms with Gasteiger partial charge >= 0.3 is 0 Å². The van der Waals surface area contributed by atoms with Crippen molar-refractivity contribution < 1.29 is 14.2 Å². The highest BCUT2D eigenvalue weighted by Gasteiger charge is 2.03. The molecule has 0 radical (unpaired) electrons. The van der Waals surface area contributed by atoms with Gasteiger partial charge in [0.05, 0.1) is 39.1 Å². The molecule has 0 aliphatic carbocycles. The third-order valence-electron chi connectivity index (χ3n) is 1.75. The molecule has 3 atom stereocenters. The van der Waals surface area contributed by atoms with Crippen LogP contribution in [0.5, 0.6) is 0 Å². The average Bonchev–Trinajstić information content (AvgIpc) is 2.19. The SMILES string of the molecule is CC(N)COCCOCC(C)OCC(C)N. The Balaban J connectivity index is 3.18. The fourth-order valence-corrected chi connectivity index (χ4v) is 1.00. The van der Waals surface area contributed by atoms with Crippen LogP contribution in [0.1, 0.15) is 20.8 Å². The molecule has 0 spiro atoms. The number of rotatable bonds is 10. The largest absolute Gasteiger partial charge is 0.377 e. The van der Waals surface area contributed by atoms with Crippen LogP contribution in [-0.4, -0.2) is 51.2 Å². The second-order valence-electron chi connectivity index (χ2n) is 4.25. The first-order chi connectivity index (χ1) is 7.52. The minimum absolute atomic E-state index is 0.0665. The Kier molecular flexibility index (Phi) is 9.86. The Morgan fingerprint density at radius 3 is 1.81 bits per heavy atom. The lowest BCUT2D eigenvalue weighted by molar-refractivity contribution is -0.0264. The monoisotopic (exact) mass is 234 g/mol. The average molecular weight is 234 g/mol. The number of hydrogen-bond donors (Lipinski definition) is 2. The molecule has 0 saturated carbocycles. The lowest BCUT2D eigenvalue weighted by Gasteiger charge is -2.15. The molecule has 0 aliphatic rings. The Hall–Kier alpha value is -0.200. The summed E-state index contributed by atoms with van der Waals surface area (Å²) in [7, 11) is 0. The van der Waals surface area contributed by atoms with E-state index in [0.29, 0.717) is 33.0 Å². The van der Waals surface area contributed by atoms with Gasteiger partial charge in [-0.3, -0.25) is 0 Å². The van der Waals surface area contributed by atoms with Crippen LogP contribution in [0.25, 0.3) is 0 Å². The molecule has 3 unspecified atom stereocenters. The second-order valence-corrected chi connectivity index (χ2v) is 4.25. The van der Waals surface area contributed by atoms with E-state index in [1.807, 2.05) is 20.8 Å². The molecule has 0 saturated heterocycles. The molecule has 0 aromatic heterocycles. The fourth-order valence-electron chi connectivity index (χ4n) is 1.00. The topological polar surface area (TPSA) is 79.7 Å². The summed E-state index contributed by atoms with van der Waals surface area (Å²) in [6.07, 6.45) is 0.0689. The van der Waals surface area contributed by atoms with Gasteiger partial charge < -0.3 is 25.7 Å². The molecule has 16 heavy (non-hydrogen) atoms. The van der Waals surface area contributed by atoms with Gasteiger partial charge in [0.25, 0.3) is 0 Å². The van der Waals surface area contributed by atoms with Gasteiger partial charge in [-0.05, 0) is 20.8 Å². The van der Waals surface area contributed by atoms with Gasteiger partial charge in [-0.2, -0.15) is 0 Å². The fraction of sp³-hybridized carbons (Fsp3) is 1.00. The Morgan fingerprint density at radius 1 is 0.812 bits per heavy atom. The maximum Gasteiger partial charge on any atom is 0.0781 e. The van der Waals surface area contributed by atoms with Crippen molar-refractivity contribution in [3.63, 3.8) is 0 Å². The molecule has 0 aliphatic heterocycles.